The molecule has 1 aromatic heterocycles. The van der Waals surface area contributed by atoms with Crippen molar-refractivity contribution < 1.29 is 0 Å². The van der Waals surface area contributed by atoms with E-state index < -0.39 is 0 Å². The van der Waals surface area contributed by atoms with Crippen molar-refractivity contribution in [2.45, 2.75) is 0 Å². The summed E-state index contributed by atoms with van der Waals surface area (Å²) in [6.07, 6.45) is 0. The van der Waals surface area contributed by atoms with Crippen molar-refractivity contribution in [1.29, 1.82) is 0 Å². The number of benzene rings is 3. The first kappa shape index (κ1) is 10.8. The van der Waals surface area contributed by atoms with Gasteiger partial charge in [-0.3, -0.25) is 0 Å². The van der Waals surface area contributed by atoms with Crippen LogP contribution >= 0.6 is 11.3 Å². The highest BCUT2D eigenvalue weighted by Gasteiger charge is 2.06. The monoisotopic (exact) mass is 259 g/mol. The van der Waals surface area contributed by atoms with Crippen LogP contribution in [-0.4, -0.2) is 0 Å². The van der Waals surface area contributed by atoms with Crippen LogP contribution in [0.15, 0.2) is 66.7 Å². The van der Waals surface area contributed by atoms with Crippen LogP contribution in [0, 0.1) is 6.07 Å². The van der Waals surface area contributed by atoms with E-state index >= 15 is 0 Å². The third kappa shape index (κ3) is 1.74. The van der Waals surface area contributed by atoms with Gasteiger partial charge in [0.25, 0.3) is 0 Å². The van der Waals surface area contributed by atoms with Crippen LogP contribution in [0.2, 0.25) is 0 Å². The summed E-state index contributed by atoms with van der Waals surface area (Å²) in [5.74, 6) is 0. The molecule has 0 aliphatic carbocycles. The van der Waals surface area contributed by atoms with Crippen molar-refractivity contribution in [2.75, 3.05) is 0 Å². The second kappa shape index (κ2) is 4.22. The molecule has 89 valence electrons. The maximum Gasteiger partial charge on any atom is 0.0362 e. The molecule has 3 aromatic carbocycles. The number of thiophene rings is 1. The molecule has 4 aromatic rings. The molecule has 0 spiro atoms. The molecular weight excluding hydrogens is 248 g/mol. The van der Waals surface area contributed by atoms with Gasteiger partial charge in [-0.1, -0.05) is 54.6 Å². The normalized spacial score (nSPS) is 11.2. The lowest BCUT2D eigenvalue weighted by Gasteiger charge is -2.01. The Morgan fingerprint density at radius 2 is 1.47 bits per heavy atom. The van der Waals surface area contributed by atoms with Crippen LogP contribution in [0.4, 0.5) is 0 Å². The predicted molar refractivity (Wildman–Crippen MR) is 83.6 cm³/mol. The molecule has 0 nitrogen and oxygen atoms in total. The largest absolute Gasteiger partial charge is 0.135 e. The quantitative estimate of drug-likeness (QED) is 0.422. The van der Waals surface area contributed by atoms with E-state index in [1.165, 1.54) is 25.7 Å². The van der Waals surface area contributed by atoms with Gasteiger partial charge in [0.2, 0.25) is 0 Å². The smallest absolute Gasteiger partial charge is 0.0362 e. The Hall–Kier alpha value is -2.12. The lowest BCUT2D eigenvalue weighted by atomic mass is 10.0. The molecule has 0 unspecified atom stereocenters. The summed E-state index contributed by atoms with van der Waals surface area (Å²) >= 11 is 1.83. The SMILES string of the molecule is [c]1c(-c2ccccc2)ccc2sc3ccccc3c12. The first-order valence-electron chi connectivity index (χ1n) is 6.31. The molecule has 0 fully saturated rings. The van der Waals surface area contributed by atoms with Gasteiger partial charge in [0.1, 0.15) is 0 Å². The van der Waals surface area contributed by atoms with Crippen molar-refractivity contribution in [2.24, 2.45) is 0 Å². The van der Waals surface area contributed by atoms with E-state index in [1.54, 1.807) is 0 Å². The zero-order chi connectivity index (χ0) is 12.7. The van der Waals surface area contributed by atoms with Gasteiger partial charge in [0.05, 0.1) is 0 Å². The highest BCUT2D eigenvalue weighted by molar-refractivity contribution is 7.25. The van der Waals surface area contributed by atoms with Crippen LogP contribution < -0.4 is 0 Å². The van der Waals surface area contributed by atoms with Gasteiger partial charge < -0.3 is 0 Å². The molecule has 0 atom stereocenters. The molecule has 1 heterocycles. The fourth-order valence-corrected chi connectivity index (χ4v) is 3.49. The van der Waals surface area contributed by atoms with Gasteiger partial charge in [-0.2, -0.15) is 0 Å². The van der Waals surface area contributed by atoms with Crippen molar-refractivity contribution in [3.05, 3.63) is 72.8 Å². The van der Waals surface area contributed by atoms with Gasteiger partial charge in [0, 0.05) is 26.2 Å². The Balaban J connectivity index is 2.03. The minimum atomic E-state index is 1.16. The Labute approximate surface area is 115 Å². The van der Waals surface area contributed by atoms with E-state index in [9.17, 15) is 0 Å². The fourth-order valence-electron chi connectivity index (χ4n) is 2.43. The van der Waals surface area contributed by atoms with Crippen LogP contribution in [0.5, 0.6) is 0 Å². The molecular formula is C18H11S. The van der Waals surface area contributed by atoms with E-state index in [-0.39, 0.29) is 0 Å². The minimum Gasteiger partial charge on any atom is -0.135 e. The number of hydrogen-bond acceptors (Lipinski definition) is 1. The number of hydrogen-bond donors (Lipinski definition) is 0. The van der Waals surface area contributed by atoms with Crippen LogP contribution in [-0.2, 0) is 0 Å². The molecule has 4 rings (SSSR count). The maximum absolute atomic E-state index is 3.58. The average Bonchev–Trinajstić information content (AvgIpc) is 2.86. The Bertz CT molecular complexity index is 857. The molecule has 0 aliphatic rings. The topological polar surface area (TPSA) is 0 Å². The molecule has 0 bridgehead atoms. The molecule has 0 amide bonds. The fraction of sp³-hybridized carbons (Fsp3) is 0. The first-order valence-corrected chi connectivity index (χ1v) is 7.12. The second-order valence-electron chi connectivity index (χ2n) is 4.58. The summed E-state index contributed by atoms with van der Waals surface area (Å²) in [6, 6.07) is 26.9. The maximum atomic E-state index is 3.58. The Morgan fingerprint density at radius 3 is 2.37 bits per heavy atom. The third-order valence-corrected chi connectivity index (χ3v) is 4.50. The van der Waals surface area contributed by atoms with E-state index in [0.717, 1.165) is 5.56 Å². The van der Waals surface area contributed by atoms with Gasteiger partial charge >= 0.3 is 0 Å². The van der Waals surface area contributed by atoms with Gasteiger partial charge in [-0.15, -0.1) is 11.3 Å². The molecule has 0 saturated heterocycles. The summed E-state index contributed by atoms with van der Waals surface area (Å²) in [5, 5.41) is 2.54. The van der Waals surface area contributed by atoms with Gasteiger partial charge in [-0.05, 0) is 23.3 Å². The number of fused-ring (bicyclic) bond motifs is 3. The lowest BCUT2D eigenvalue weighted by molar-refractivity contribution is 1.65. The Kier molecular flexibility index (Phi) is 2.39. The molecule has 0 aliphatic heterocycles. The highest BCUT2D eigenvalue weighted by atomic mass is 32.1. The molecule has 1 heteroatoms. The van der Waals surface area contributed by atoms with Crippen molar-refractivity contribution in [1.82, 2.24) is 0 Å². The van der Waals surface area contributed by atoms with Crippen molar-refractivity contribution in [3.8, 4) is 11.1 Å². The van der Waals surface area contributed by atoms with Crippen molar-refractivity contribution >= 4 is 31.5 Å². The van der Waals surface area contributed by atoms with E-state index in [0.29, 0.717) is 0 Å². The predicted octanol–water partition coefficient (Wildman–Crippen LogP) is 5.52. The van der Waals surface area contributed by atoms with Crippen LogP contribution in [0.1, 0.15) is 0 Å². The van der Waals surface area contributed by atoms with Crippen molar-refractivity contribution in [3.63, 3.8) is 0 Å². The standard InChI is InChI=1S/C18H11S/c1-2-6-13(7-3-1)14-10-11-18-16(12-14)15-8-4-5-9-17(15)19-18/h1-11H. The van der Waals surface area contributed by atoms with Crippen LogP contribution in [0.25, 0.3) is 31.3 Å². The molecule has 19 heavy (non-hydrogen) atoms. The zero-order valence-corrected chi connectivity index (χ0v) is 11.1. The average molecular weight is 259 g/mol. The third-order valence-electron chi connectivity index (χ3n) is 3.37. The summed E-state index contributed by atoms with van der Waals surface area (Å²) in [6.45, 7) is 0. The second-order valence-corrected chi connectivity index (χ2v) is 5.66. The van der Waals surface area contributed by atoms with Crippen LogP contribution in [0.3, 0.4) is 0 Å². The minimum absolute atomic E-state index is 1.16. The van der Waals surface area contributed by atoms with E-state index in [1.807, 2.05) is 17.4 Å². The van der Waals surface area contributed by atoms with E-state index in [2.05, 4.69) is 66.7 Å². The highest BCUT2D eigenvalue weighted by Crippen LogP contribution is 2.35. The number of rotatable bonds is 1. The summed E-state index contributed by atoms with van der Waals surface area (Å²) in [7, 11) is 0. The Morgan fingerprint density at radius 1 is 0.684 bits per heavy atom. The molecule has 0 saturated carbocycles. The molecule has 1 radical (unpaired) electrons. The lowest BCUT2D eigenvalue weighted by Crippen LogP contribution is -1.76. The summed E-state index contributed by atoms with van der Waals surface area (Å²) < 4.78 is 2.64. The first-order chi connectivity index (χ1) is 9.42. The zero-order valence-electron chi connectivity index (χ0n) is 10.3. The van der Waals surface area contributed by atoms with Gasteiger partial charge in [-0.25, -0.2) is 0 Å². The molecule has 0 N–H and O–H groups in total. The summed E-state index contributed by atoms with van der Waals surface area (Å²) in [5.41, 5.74) is 2.39. The summed E-state index contributed by atoms with van der Waals surface area (Å²) in [4.78, 5) is 0. The van der Waals surface area contributed by atoms with Gasteiger partial charge in [0.15, 0.2) is 0 Å². The van der Waals surface area contributed by atoms with E-state index in [4.69, 9.17) is 0 Å².